The van der Waals surface area contributed by atoms with Gasteiger partial charge in [0, 0.05) is 36.1 Å². The lowest BCUT2D eigenvalue weighted by Gasteiger charge is -2.45. The Morgan fingerprint density at radius 3 is 2.79 bits per heavy atom. The molecule has 3 N–H and O–H groups in total. The van der Waals surface area contributed by atoms with Crippen molar-refractivity contribution in [2.75, 3.05) is 19.6 Å². The zero-order chi connectivity index (χ0) is 27.3. The SMILES string of the molecule is CCCCC1CC(N2CC[C@@H](NC(=O)CNC(=O)c3cccc(C(F)(F)F)c3)C2)CCC1(O)c1ccsn1. The molecule has 0 spiro atoms. The number of unbranched alkanes of at least 4 members (excludes halogenated alkanes) is 1. The van der Waals surface area contributed by atoms with Crippen molar-refractivity contribution in [2.45, 2.75) is 75.7 Å². The molecule has 11 heteroatoms. The third-order valence-corrected chi connectivity index (χ3v) is 8.40. The van der Waals surface area contributed by atoms with Crippen molar-refractivity contribution in [3.63, 3.8) is 0 Å². The lowest BCUT2D eigenvalue weighted by atomic mass is 9.69. The minimum Gasteiger partial charge on any atom is -0.383 e. The van der Waals surface area contributed by atoms with Crippen LogP contribution in [0.4, 0.5) is 13.2 Å². The van der Waals surface area contributed by atoms with E-state index in [1.165, 1.54) is 23.7 Å². The molecule has 1 aromatic heterocycles. The number of benzene rings is 1. The normalized spacial score (nSPS) is 26.3. The van der Waals surface area contributed by atoms with E-state index in [4.69, 9.17) is 0 Å². The molecule has 2 amide bonds. The molecule has 38 heavy (non-hydrogen) atoms. The molecular weight excluding hydrogens is 517 g/mol. The predicted molar refractivity (Wildman–Crippen MR) is 139 cm³/mol. The van der Waals surface area contributed by atoms with Gasteiger partial charge in [0.15, 0.2) is 0 Å². The van der Waals surface area contributed by atoms with Crippen LogP contribution in [0.15, 0.2) is 35.7 Å². The number of likely N-dealkylation sites (tertiary alicyclic amines) is 1. The number of alkyl halides is 3. The molecule has 0 radical (unpaired) electrons. The predicted octanol–water partition coefficient (Wildman–Crippen LogP) is 4.33. The van der Waals surface area contributed by atoms with Crippen LogP contribution in [-0.4, -0.2) is 57.9 Å². The number of aliphatic hydroxyl groups is 1. The van der Waals surface area contributed by atoms with Gasteiger partial charge in [-0.2, -0.15) is 17.5 Å². The highest BCUT2D eigenvalue weighted by atomic mass is 32.1. The van der Waals surface area contributed by atoms with Gasteiger partial charge in [-0.05, 0) is 73.8 Å². The fraction of sp³-hybridized carbons (Fsp3) is 0.593. The van der Waals surface area contributed by atoms with Gasteiger partial charge in [-0.3, -0.25) is 14.5 Å². The van der Waals surface area contributed by atoms with Crippen LogP contribution in [0.2, 0.25) is 0 Å². The molecule has 1 saturated carbocycles. The lowest BCUT2D eigenvalue weighted by molar-refractivity contribution is -0.137. The lowest BCUT2D eigenvalue weighted by Crippen LogP contribution is -2.48. The van der Waals surface area contributed by atoms with Crippen molar-refractivity contribution in [3.8, 4) is 0 Å². The summed E-state index contributed by atoms with van der Waals surface area (Å²) in [5, 5.41) is 18.8. The first-order valence-corrected chi connectivity index (χ1v) is 14.1. The smallest absolute Gasteiger partial charge is 0.383 e. The Kier molecular flexibility index (Phi) is 9.10. The minimum absolute atomic E-state index is 0.0681. The molecule has 208 valence electrons. The van der Waals surface area contributed by atoms with Crippen LogP contribution in [0.5, 0.6) is 0 Å². The summed E-state index contributed by atoms with van der Waals surface area (Å²) >= 11 is 1.36. The number of halogens is 3. The van der Waals surface area contributed by atoms with E-state index in [1.807, 2.05) is 11.4 Å². The molecule has 4 atom stereocenters. The summed E-state index contributed by atoms with van der Waals surface area (Å²) in [6.07, 6.45) is 1.68. The summed E-state index contributed by atoms with van der Waals surface area (Å²) in [6, 6.07) is 6.30. The van der Waals surface area contributed by atoms with Crippen LogP contribution in [0.3, 0.4) is 0 Å². The largest absolute Gasteiger partial charge is 0.416 e. The van der Waals surface area contributed by atoms with E-state index in [9.17, 15) is 27.9 Å². The number of aromatic nitrogens is 1. The molecule has 2 aliphatic rings. The molecule has 7 nitrogen and oxygen atoms in total. The summed E-state index contributed by atoms with van der Waals surface area (Å²) in [5.41, 5.74) is -1.17. The molecule has 3 unspecified atom stereocenters. The zero-order valence-electron chi connectivity index (χ0n) is 21.5. The van der Waals surface area contributed by atoms with Crippen molar-refractivity contribution in [1.29, 1.82) is 0 Å². The van der Waals surface area contributed by atoms with Gasteiger partial charge in [-0.25, -0.2) is 0 Å². The van der Waals surface area contributed by atoms with Crippen LogP contribution < -0.4 is 10.6 Å². The second-order valence-corrected chi connectivity index (χ2v) is 11.1. The number of amides is 2. The second-order valence-electron chi connectivity index (χ2n) is 10.4. The first kappa shape index (κ1) is 28.5. The van der Waals surface area contributed by atoms with E-state index in [1.54, 1.807) is 0 Å². The average Bonchev–Trinajstić information content (AvgIpc) is 3.60. The second kappa shape index (κ2) is 12.1. The molecule has 2 aromatic rings. The minimum atomic E-state index is -4.55. The summed E-state index contributed by atoms with van der Waals surface area (Å²) in [4.78, 5) is 27.1. The van der Waals surface area contributed by atoms with Gasteiger partial charge >= 0.3 is 6.18 Å². The van der Waals surface area contributed by atoms with Crippen molar-refractivity contribution in [3.05, 3.63) is 52.5 Å². The van der Waals surface area contributed by atoms with Crippen molar-refractivity contribution < 1.29 is 27.9 Å². The number of hydrogen-bond acceptors (Lipinski definition) is 6. The van der Waals surface area contributed by atoms with Gasteiger partial charge in [-0.15, -0.1) is 0 Å². The molecular formula is C27H35F3N4O3S. The van der Waals surface area contributed by atoms with Gasteiger partial charge in [0.05, 0.1) is 17.8 Å². The molecule has 1 aliphatic heterocycles. The molecule has 4 rings (SSSR count). The van der Waals surface area contributed by atoms with E-state index in [0.717, 1.165) is 62.9 Å². The monoisotopic (exact) mass is 552 g/mol. The highest BCUT2D eigenvalue weighted by Crippen LogP contribution is 2.45. The van der Waals surface area contributed by atoms with Gasteiger partial charge < -0.3 is 15.7 Å². The topological polar surface area (TPSA) is 94.6 Å². The number of hydrogen-bond donors (Lipinski definition) is 3. The highest BCUT2D eigenvalue weighted by Gasteiger charge is 2.46. The Morgan fingerprint density at radius 2 is 2.08 bits per heavy atom. The van der Waals surface area contributed by atoms with E-state index in [-0.39, 0.29) is 30.0 Å². The van der Waals surface area contributed by atoms with Gasteiger partial charge in [0.25, 0.3) is 5.91 Å². The number of nitrogens with one attached hydrogen (secondary N) is 2. The summed E-state index contributed by atoms with van der Waals surface area (Å²) in [6.45, 7) is 3.36. The standard InChI is InChI=1S/C27H35F3N4O3S/c1-2-3-6-19-15-22(8-11-26(19,37)23-10-13-38-33-23)34-12-9-21(17-34)32-24(35)16-31-25(36)18-5-4-7-20(14-18)27(28,29)30/h4-5,7,10,13-14,19,21-22,37H,2-3,6,8-9,11-12,15-17H2,1H3,(H,31,36)(H,32,35)/t19?,21-,22?,26?/m1/s1. The third-order valence-electron chi connectivity index (χ3n) is 7.84. The Balaban J connectivity index is 1.27. The molecule has 2 heterocycles. The fourth-order valence-corrected chi connectivity index (χ4v) is 6.34. The average molecular weight is 553 g/mol. The Bertz CT molecular complexity index is 1100. The summed E-state index contributed by atoms with van der Waals surface area (Å²) < 4.78 is 43.2. The maximum absolute atomic E-state index is 12.9. The van der Waals surface area contributed by atoms with Gasteiger partial charge in [0.1, 0.15) is 5.60 Å². The molecule has 2 fully saturated rings. The van der Waals surface area contributed by atoms with Crippen molar-refractivity contribution >= 4 is 23.3 Å². The number of nitrogens with zero attached hydrogens (tertiary/aromatic N) is 2. The summed E-state index contributed by atoms with van der Waals surface area (Å²) in [7, 11) is 0. The number of carbonyl (C=O) groups is 2. The van der Waals surface area contributed by atoms with Crippen LogP contribution in [0.1, 0.15) is 73.5 Å². The summed E-state index contributed by atoms with van der Waals surface area (Å²) in [5.74, 6) is -0.977. The molecule has 1 aliphatic carbocycles. The van der Waals surface area contributed by atoms with Crippen LogP contribution in [0, 0.1) is 5.92 Å². The van der Waals surface area contributed by atoms with Gasteiger partial charge in [-0.1, -0.05) is 25.8 Å². The van der Waals surface area contributed by atoms with Crippen LogP contribution in [-0.2, 0) is 16.6 Å². The third kappa shape index (κ3) is 6.73. The maximum Gasteiger partial charge on any atom is 0.416 e. The quantitative estimate of drug-likeness (QED) is 0.431. The Morgan fingerprint density at radius 1 is 1.26 bits per heavy atom. The van der Waals surface area contributed by atoms with Crippen LogP contribution in [0.25, 0.3) is 0 Å². The Labute approximate surface area is 225 Å². The first-order chi connectivity index (χ1) is 18.1. The van der Waals surface area contributed by atoms with Gasteiger partial charge in [0.2, 0.25) is 5.91 Å². The van der Waals surface area contributed by atoms with E-state index < -0.39 is 23.2 Å². The van der Waals surface area contributed by atoms with Crippen LogP contribution >= 0.6 is 11.5 Å². The van der Waals surface area contributed by atoms with E-state index in [0.29, 0.717) is 19.0 Å². The van der Waals surface area contributed by atoms with E-state index in [2.05, 4.69) is 26.8 Å². The molecule has 1 saturated heterocycles. The fourth-order valence-electron chi connectivity index (χ4n) is 5.76. The highest BCUT2D eigenvalue weighted by molar-refractivity contribution is 7.03. The molecule has 1 aromatic carbocycles. The van der Waals surface area contributed by atoms with Crippen molar-refractivity contribution in [2.24, 2.45) is 5.92 Å². The first-order valence-electron chi connectivity index (χ1n) is 13.2. The maximum atomic E-state index is 12.9. The number of rotatable bonds is 9. The van der Waals surface area contributed by atoms with E-state index >= 15 is 0 Å². The number of carbonyl (C=O) groups excluding carboxylic acids is 2. The molecule has 0 bridgehead atoms. The van der Waals surface area contributed by atoms with Crippen molar-refractivity contribution in [1.82, 2.24) is 19.9 Å². The Hall–Kier alpha value is -2.50. The zero-order valence-corrected chi connectivity index (χ0v) is 22.3.